The molecule has 1 N–H and O–H groups in total. The first kappa shape index (κ1) is 27.1. The van der Waals surface area contributed by atoms with Gasteiger partial charge in [0.2, 0.25) is 0 Å². The molecular weight excluding hydrogens is 533 g/mol. The second kappa shape index (κ2) is 11.1. The summed E-state index contributed by atoms with van der Waals surface area (Å²) < 4.78 is 45.2. The molecule has 6 rings (SSSR count). The van der Waals surface area contributed by atoms with E-state index in [0.29, 0.717) is 56.1 Å². The molecule has 41 heavy (non-hydrogen) atoms. The van der Waals surface area contributed by atoms with Gasteiger partial charge >= 0.3 is 6.18 Å². The van der Waals surface area contributed by atoms with E-state index in [2.05, 4.69) is 5.32 Å². The Hall–Kier alpha value is -4.05. The van der Waals surface area contributed by atoms with E-state index in [9.17, 15) is 22.8 Å². The predicted molar refractivity (Wildman–Crippen MR) is 149 cm³/mol. The molecule has 3 heterocycles. The number of hydrogen-bond acceptors (Lipinski definition) is 5. The van der Waals surface area contributed by atoms with Gasteiger partial charge in [0, 0.05) is 67.4 Å². The van der Waals surface area contributed by atoms with E-state index in [0.717, 1.165) is 36.2 Å². The van der Waals surface area contributed by atoms with Crippen molar-refractivity contribution in [3.05, 3.63) is 95.1 Å². The van der Waals surface area contributed by atoms with Gasteiger partial charge in [-0.05, 0) is 61.4 Å². The zero-order valence-electron chi connectivity index (χ0n) is 22.4. The molecule has 3 aromatic rings. The highest BCUT2D eigenvalue weighted by Crippen LogP contribution is 2.36. The maximum atomic E-state index is 13.2. The summed E-state index contributed by atoms with van der Waals surface area (Å²) in [5, 5.41) is 3.47. The highest BCUT2D eigenvalue weighted by molar-refractivity contribution is 5.99. The Morgan fingerprint density at radius 3 is 2.41 bits per heavy atom. The first-order valence-electron chi connectivity index (χ1n) is 13.9. The Kier molecular flexibility index (Phi) is 7.33. The number of halogens is 3. The molecule has 0 bridgehead atoms. The van der Waals surface area contributed by atoms with Gasteiger partial charge in [-0.2, -0.15) is 13.2 Å². The Morgan fingerprint density at radius 1 is 0.951 bits per heavy atom. The van der Waals surface area contributed by atoms with Crippen LogP contribution in [-0.2, 0) is 10.9 Å². The van der Waals surface area contributed by atoms with Gasteiger partial charge in [-0.15, -0.1) is 0 Å². The monoisotopic (exact) mass is 564 g/mol. The number of anilines is 2. The van der Waals surface area contributed by atoms with Crippen LogP contribution in [0.3, 0.4) is 0 Å². The fraction of sp³-hybridized carbons (Fsp3) is 0.355. The fourth-order valence-electron chi connectivity index (χ4n) is 5.82. The van der Waals surface area contributed by atoms with Gasteiger partial charge in [-0.1, -0.05) is 24.3 Å². The van der Waals surface area contributed by atoms with Crippen LogP contribution in [0.5, 0.6) is 0 Å². The van der Waals surface area contributed by atoms with Gasteiger partial charge < -0.3 is 24.8 Å². The summed E-state index contributed by atoms with van der Waals surface area (Å²) in [6, 6.07) is 20.1. The number of alkyl halides is 3. The largest absolute Gasteiger partial charge is 0.416 e. The summed E-state index contributed by atoms with van der Waals surface area (Å²) >= 11 is 0. The number of carbonyl (C=O) groups excluding carboxylic acids is 2. The lowest BCUT2D eigenvalue weighted by Crippen LogP contribution is -2.48. The molecule has 0 spiro atoms. The Balaban J connectivity index is 1.10. The maximum absolute atomic E-state index is 13.2. The quantitative estimate of drug-likeness (QED) is 0.434. The summed E-state index contributed by atoms with van der Waals surface area (Å²) in [5.41, 5.74) is 2.73. The highest BCUT2D eigenvalue weighted by atomic mass is 19.4. The van der Waals surface area contributed by atoms with Crippen LogP contribution in [0.25, 0.3) is 0 Å². The number of nitrogens with zero attached hydrogens (tertiary/aromatic N) is 3. The smallest absolute Gasteiger partial charge is 0.376 e. The Morgan fingerprint density at radius 2 is 1.71 bits per heavy atom. The van der Waals surface area contributed by atoms with E-state index in [1.165, 1.54) is 6.07 Å². The number of fused-ring (bicyclic) bond motifs is 1. The van der Waals surface area contributed by atoms with Crippen molar-refractivity contribution in [3.63, 3.8) is 0 Å². The van der Waals surface area contributed by atoms with Crippen molar-refractivity contribution in [2.45, 2.75) is 31.3 Å². The number of hydrogen-bond donors (Lipinski definition) is 1. The topological polar surface area (TPSA) is 65.1 Å². The standard InChI is InChI=1S/C31H31F3N4O3/c32-31(33,34)22-5-3-6-24(19-22)36-14-16-37(17-15-36)29(39)21-10-12-23(13-11-21)35-28-26-8-1-2-9-27(26)30(40)38(28)20-25-7-4-18-41-25/h1-3,5-6,8-13,19,25,28,35H,4,7,14-18,20H2. The summed E-state index contributed by atoms with van der Waals surface area (Å²) in [7, 11) is 0. The van der Waals surface area contributed by atoms with Crippen LogP contribution >= 0.6 is 0 Å². The normalized spacial score (nSPS) is 20.9. The van der Waals surface area contributed by atoms with Crippen LogP contribution in [0.2, 0.25) is 0 Å². The minimum absolute atomic E-state index is 0.0200. The van der Waals surface area contributed by atoms with Crippen molar-refractivity contribution in [1.29, 1.82) is 0 Å². The fourth-order valence-corrected chi connectivity index (χ4v) is 5.82. The van der Waals surface area contributed by atoms with Crippen molar-refractivity contribution in [2.24, 2.45) is 0 Å². The van der Waals surface area contributed by atoms with E-state index in [-0.39, 0.29) is 24.1 Å². The maximum Gasteiger partial charge on any atom is 0.416 e. The van der Waals surface area contributed by atoms with Crippen molar-refractivity contribution in [3.8, 4) is 0 Å². The third-order valence-electron chi connectivity index (χ3n) is 8.02. The molecule has 2 atom stereocenters. The number of carbonyl (C=O) groups is 2. The SMILES string of the molecule is O=C(c1ccc(NC2c3ccccc3C(=O)N2CC2CCCO2)cc1)N1CCN(c2cccc(C(F)(F)F)c2)CC1. The molecule has 2 saturated heterocycles. The summed E-state index contributed by atoms with van der Waals surface area (Å²) in [6.45, 7) is 2.94. The lowest BCUT2D eigenvalue weighted by molar-refractivity contribution is -0.137. The van der Waals surface area contributed by atoms with Crippen molar-refractivity contribution < 1.29 is 27.5 Å². The van der Waals surface area contributed by atoms with Crippen LogP contribution in [-0.4, -0.2) is 67.0 Å². The molecule has 2 fully saturated rings. The zero-order chi connectivity index (χ0) is 28.6. The van der Waals surface area contributed by atoms with E-state index in [1.54, 1.807) is 23.1 Å². The molecule has 0 saturated carbocycles. The van der Waals surface area contributed by atoms with Gasteiger partial charge in [0.25, 0.3) is 11.8 Å². The number of rotatable bonds is 6. The molecular formula is C31H31F3N4O3. The molecule has 2 unspecified atom stereocenters. The number of ether oxygens (including phenoxy) is 1. The second-order valence-corrected chi connectivity index (χ2v) is 10.6. The van der Waals surface area contributed by atoms with E-state index in [4.69, 9.17) is 4.74 Å². The Labute approximate surface area is 236 Å². The average molecular weight is 565 g/mol. The molecule has 0 radical (unpaired) electrons. The van der Waals surface area contributed by atoms with Crippen molar-refractivity contribution >= 4 is 23.2 Å². The third-order valence-corrected chi connectivity index (χ3v) is 8.02. The molecule has 2 amide bonds. The average Bonchev–Trinajstić information content (AvgIpc) is 3.60. The highest BCUT2D eigenvalue weighted by Gasteiger charge is 2.38. The number of nitrogens with one attached hydrogen (secondary N) is 1. The molecule has 3 aliphatic heterocycles. The van der Waals surface area contributed by atoms with Gasteiger partial charge in [0.15, 0.2) is 0 Å². The van der Waals surface area contributed by atoms with Crippen molar-refractivity contribution in [2.75, 3.05) is 49.5 Å². The summed E-state index contributed by atoms with van der Waals surface area (Å²) in [6.07, 6.45) is -2.79. The lowest BCUT2D eigenvalue weighted by Gasteiger charge is -2.36. The van der Waals surface area contributed by atoms with Crippen LogP contribution < -0.4 is 10.2 Å². The number of benzene rings is 3. The second-order valence-electron chi connectivity index (χ2n) is 10.6. The molecule has 3 aliphatic rings. The number of piperazine rings is 1. The Bertz CT molecular complexity index is 1410. The zero-order valence-corrected chi connectivity index (χ0v) is 22.4. The van der Waals surface area contributed by atoms with Gasteiger partial charge in [-0.3, -0.25) is 9.59 Å². The van der Waals surface area contributed by atoms with Crippen LogP contribution in [0.4, 0.5) is 24.5 Å². The molecule has 10 heteroatoms. The molecule has 7 nitrogen and oxygen atoms in total. The van der Waals surface area contributed by atoms with E-state index >= 15 is 0 Å². The molecule has 0 aliphatic carbocycles. The predicted octanol–water partition coefficient (Wildman–Crippen LogP) is 5.41. The summed E-state index contributed by atoms with van der Waals surface area (Å²) in [4.78, 5) is 31.8. The first-order valence-corrected chi connectivity index (χ1v) is 13.9. The molecule has 3 aromatic carbocycles. The van der Waals surface area contributed by atoms with Gasteiger partial charge in [-0.25, -0.2) is 0 Å². The minimum Gasteiger partial charge on any atom is -0.376 e. The van der Waals surface area contributed by atoms with E-state index < -0.39 is 11.7 Å². The van der Waals surface area contributed by atoms with E-state index in [1.807, 2.05) is 46.2 Å². The molecule has 0 aromatic heterocycles. The van der Waals surface area contributed by atoms with Crippen molar-refractivity contribution in [1.82, 2.24) is 9.80 Å². The van der Waals surface area contributed by atoms with Crippen LogP contribution in [0, 0.1) is 0 Å². The minimum atomic E-state index is -4.39. The summed E-state index contributed by atoms with van der Waals surface area (Å²) in [5.74, 6) is -0.147. The van der Waals surface area contributed by atoms with Crippen LogP contribution in [0.15, 0.2) is 72.8 Å². The third kappa shape index (κ3) is 5.61. The molecule has 214 valence electrons. The van der Waals surface area contributed by atoms with Gasteiger partial charge in [0.05, 0.1) is 11.7 Å². The van der Waals surface area contributed by atoms with Gasteiger partial charge in [0.1, 0.15) is 6.17 Å². The first-order chi connectivity index (χ1) is 19.8. The lowest BCUT2D eigenvalue weighted by atomic mass is 10.1. The van der Waals surface area contributed by atoms with Crippen LogP contribution in [0.1, 0.15) is 50.9 Å². The number of amides is 2.